The van der Waals surface area contributed by atoms with Gasteiger partial charge in [0.1, 0.15) is 5.82 Å². The van der Waals surface area contributed by atoms with Gasteiger partial charge in [0.15, 0.2) is 0 Å². The summed E-state index contributed by atoms with van der Waals surface area (Å²) in [6.07, 6.45) is 6.99. The van der Waals surface area contributed by atoms with E-state index < -0.39 is 11.8 Å². The van der Waals surface area contributed by atoms with Gasteiger partial charge in [0.05, 0.1) is 6.20 Å². The monoisotopic (exact) mass is 353 g/mol. The summed E-state index contributed by atoms with van der Waals surface area (Å²) < 4.78 is 0. The highest BCUT2D eigenvalue weighted by atomic mass is 16.2. The van der Waals surface area contributed by atoms with E-state index in [0.29, 0.717) is 18.2 Å². The van der Waals surface area contributed by atoms with Crippen LogP contribution in [0.15, 0.2) is 42.9 Å². The van der Waals surface area contributed by atoms with Crippen molar-refractivity contribution in [3.05, 3.63) is 48.4 Å². The lowest BCUT2D eigenvalue weighted by molar-refractivity contribution is -0.136. The number of amides is 2. The van der Waals surface area contributed by atoms with Crippen molar-refractivity contribution in [3.63, 3.8) is 0 Å². The number of benzene rings is 1. The second-order valence-corrected chi connectivity index (χ2v) is 6.52. The smallest absolute Gasteiger partial charge is 0.313 e. The summed E-state index contributed by atoms with van der Waals surface area (Å²) in [6, 6.07) is 7.34. The molecule has 0 unspecified atom stereocenters. The molecule has 1 aliphatic rings. The Bertz CT molecular complexity index is 740. The first-order valence-corrected chi connectivity index (χ1v) is 8.78. The van der Waals surface area contributed by atoms with Gasteiger partial charge in [0.2, 0.25) is 0 Å². The van der Waals surface area contributed by atoms with Gasteiger partial charge in [-0.25, -0.2) is 4.98 Å². The first-order chi connectivity index (χ1) is 12.6. The number of hydrogen-bond acceptors (Lipinski definition) is 5. The number of anilines is 2. The van der Waals surface area contributed by atoms with E-state index in [4.69, 9.17) is 0 Å². The van der Waals surface area contributed by atoms with Crippen LogP contribution in [-0.4, -0.2) is 41.4 Å². The Kier molecular flexibility index (Phi) is 5.78. The van der Waals surface area contributed by atoms with E-state index in [1.807, 2.05) is 19.1 Å². The number of aromatic nitrogens is 2. The summed E-state index contributed by atoms with van der Waals surface area (Å²) in [5, 5.41) is 5.35. The molecular weight excluding hydrogens is 330 g/mol. The molecule has 7 nitrogen and oxygen atoms in total. The van der Waals surface area contributed by atoms with Crippen molar-refractivity contribution in [2.75, 3.05) is 29.9 Å². The molecule has 2 aromatic rings. The Labute approximate surface area is 152 Å². The highest BCUT2D eigenvalue weighted by molar-refractivity contribution is 6.39. The van der Waals surface area contributed by atoms with Crippen molar-refractivity contribution in [1.29, 1.82) is 0 Å². The zero-order valence-electron chi connectivity index (χ0n) is 14.8. The largest absolute Gasteiger partial charge is 0.355 e. The number of hydrogen-bond donors (Lipinski definition) is 2. The molecule has 1 fully saturated rings. The van der Waals surface area contributed by atoms with Gasteiger partial charge in [0, 0.05) is 37.7 Å². The Hall–Kier alpha value is -2.96. The van der Waals surface area contributed by atoms with E-state index in [-0.39, 0.29) is 0 Å². The number of carbonyl (C=O) groups is 2. The summed E-state index contributed by atoms with van der Waals surface area (Å²) in [6.45, 7) is 4.21. The molecule has 3 rings (SSSR count). The minimum atomic E-state index is -0.633. The first kappa shape index (κ1) is 17.8. The number of carbonyl (C=O) groups excluding carboxylic acids is 2. The maximum absolute atomic E-state index is 12.0. The van der Waals surface area contributed by atoms with E-state index >= 15 is 0 Å². The Morgan fingerprint density at radius 3 is 2.50 bits per heavy atom. The van der Waals surface area contributed by atoms with Crippen LogP contribution in [0.1, 0.15) is 18.4 Å². The maximum Gasteiger partial charge on any atom is 0.313 e. The predicted molar refractivity (Wildman–Crippen MR) is 99.8 cm³/mol. The molecule has 7 heteroatoms. The van der Waals surface area contributed by atoms with Gasteiger partial charge in [-0.3, -0.25) is 14.6 Å². The predicted octanol–water partition coefficient (Wildman–Crippen LogP) is 1.76. The van der Waals surface area contributed by atoms with Gasteiger partial charge in [-0.05, 0) is 37.8 Å². The number of nitrogens with one attached hydrogen (secondary N) is 2. The molecule has 1 aromatic carbocycles. The lowest BCUT2D eigenvalue weighted by Gasteiger charge is -2.32. The Morgan fingerprint density at radius 1 is 1.12 bits per heavy atom. The molecule has 26 heavy (non-hydrogen) atoms. The van der Waals surface area contributed by atoms with Crippen LogP contribution in [0.2, 0.25) is 0 Å². The molecule has 136 valence electrons. The van der Waals surface area contributed by atoms with Gasteiger partial charge in [-0.2, -0.15) is 0 Å². The maximum atomic E-state index is 12.0. The molecule has 0 saturated carbocycles. The molecule has 0 atom stereocenters. The molecule has 0 spiro atoms. The second kappa shape index (κ2) is 8.42. The van der Waals surface area contributed by atoms with E-state index in [1.165, 1.54) is 0 Å². The van der Waals surface area contributed by atoms with Gasteiger partial charge in [-0.1, -0.05) is 17.7 Å². The Balaban J connectivity index is 1.41. The van der Waals surface area contributed by atoms with Gasteiger partial charge in [-0.15, -0.1) is 0 Å². The van der Waals surface area contributed by atoms with Crippen molar-refractivity contribution in [2.45, 2.75) is 19.8 Å². The molecule has 2 heterocycles. The molecule has 0 radical (unpaired) electrons. The summed E-state index contributed by atoms with van der Waals surface area (Å²) in [5.74, 6) is 0.0132. The van der Waals surface area contributed by atoms with Crippen LogP contribution in [0.3, 0.4) is 0 Å². The van der Waals surface area contributed by atoms with Gasteiger partial charge in [0.25, 0.3) is 0 Å². The molecule has 0 bridgehead atoms. The SMILES string of the molecule is Cc1ccc(NC(=O)C(=O)NCC2CCN(c3cnccn3)CC2)cc1. The van der Waals surface area contributed by atoms with Crippen molar-refractivity contribution in [2.24, 2.45) is 5.92 Å². The zero-order chi connectivity index (χ0) is 18.4. The van der Waals surface area contributed by atoms with E-state index in [0.717, 1.165) is 37.3 Å². The quantitative estimate of drug-likeness (QED) is 0.818. The van der Waals surface area contributed by atoms with Crippen molar-refractivity contribution >= 4 is 23.3 Å². The number of aryl methyl sites for hydroxylation is 1. The average Bonchev–Trinajstić information content (AvgIpc) is 2.69. The summed E-state index contributed by atoms with van der Waals surface area (Å²) >= 11 is 0. The van der Waals surface area contributed by atoms with Crippen LogP contribution in [0.5, 0.6) is 0 Å². The third kappa shape index (κ3) is 4.78. The highest BCUT2D eigenvalue weighted by Gasteiger charge is 2.22. The van der Waals surface area contributed by atoms with Crippen LogP contribution in [0, 0.1) is 12.8 Å². The van der Waals surface area contributed by atoms with Crippen LogP contribution < -0.4 is 15.5 Å². The van der Waals surface area contributed by atoms with E-state index in [9.17, 15) is 9.59 Å². The van der Waals surface area contributed by atoms with Gasteiger partial charge >= 0.3 is 11.8 Å². The molecule has 2 N–H and O–H groups in total. The Morgan fingerprint density at radius 2 is 1.85 bits per heavy atom. The molecule has 1 aromatic heterocycles. The van der Waals surface area contributed by atoms with Crippen LogP contribution in [0.25, 0.3) is 0 Å². The lowest BCUT2D eigenvalue weighted by atomic mass is 9.97. The van der Waals surface area contributed by atoms with Crippen LogP contribution >= 0.6 is 0 Å². The number of piperidine rings is 1. The summed E-state index contributed by atoms with van der Waals surface area (Å²) in [7, 11) is 0. The normalized spacial score (nSPS) is 14.7. The second-order valence-electron chi connectivity index (χ2n) is 6.52. The fraction of sp³-hybridized carbons (Fsp3) is 0.368. The van der Waals surface area contributed by atoms with E-state index in [1.54, 1.807) is 30.7 Å². The number of nitrogens with zero attached hydrogens (tertiary/aromatic N) is 3. The van der Waals surface area contributed by atoms with Crippen molar-refractivity contribution < 1.29 is 9.59 Å². The third-order valence-electron chi connectivity index (χ3n) is 4.56. The van der Waals surface area contributed by atoms with Crippen LogP contribution in [0.4, 0.5) is 11.5 Å². The molecule has 1 aliphatic heterocycles. The van der Waals surface area contributed by atoms with E-state index in [2.05, 4.69) is 25.5 Å². The summed E-state index contributed by atoms with van der Waals surface area (Å²) in [4.78, 5) is 34.5. The molecule has 2 amide bonds. The fourth-order valence-corrected chi connectivity index (χ4v) is 2.96. The lowest BCUT2D eigenvalue weighted by Crippen LogP contribution is -2.42. The first-order valence-electron chi connectivity index (χ1n) is 8.78. The minimum absolute atomic E-state index is 0.360. The molecule has 1 saturated heterocycles. The average molecular weight is 353 g/mol. The zero-order valence-corrected chi connectivity index (χ0v) is 14.8. The third-order valence-corrected chi connectivity index (χ3v) is 4.56. The van der Waals surface area contributed by atoms with Gasteiger partial charge < -0.3 is 15.5 Å². The van der Waals surface area contributed by atoms with Crippen LogP contribution in [-0.2, 0) is 9.59 Å². The van der Waals surface area contributed by atoms with Crippen molar-refractivity contribution in [1.82, 2.24) is 15.3 Å². The number of rotatable bonds is 4. The standard InChI is InChI=1S/C19H23N5O2/c1-14-2-4-16(5-3-14)23-19(26)18(25)22-12-15-6-10-24(11-7-15)17-13-20-8-9-21-17/h2-5,8-9,13,15H,6-7,10-12H2,1H3,(H,22,25)(H,23,26). The highest BCUT2D eigenvalue weighted by Crippen LogP contribution is 2.20. The molecule has 0 aliphatic carbocycles. The van der Waals surface area contributed by atoms with Crippen molar-refractivity contribution in [3.8, 4) is 0 Å². The summed E-state index contributed by atoms with van der Waals surface area (Å²) in [5.41, 5.74) is 1.72. The minimum Gasteiger partial charge on any atom is -0.355 e. The fourth-order valence-electron chi connectivity index (χ4n) is 2.96. The molecular formula is C19H23N5O2. The topological polar surface area (TPSA) is 87.2 Å².